The maximum absolute atomic E-state index is 11.0. The molecule has 2 rings (SSSR count). The molecule has 0 aliphatic heterocycles. The Morgan fingerprint density at radius 2 is 2.25 bits per heavy atom. The average molecular weight is 168 g/mol. The van der Waals surface area contributed by atoms with Crippen LogP contribution in [0, 0.1) is 17.8 Å². The zero-order chi connectivity index (χ0) is 8.55. The molecule has 2 nitrogen and oxygen atoms in total. The van der Waals surface area contributed by atoms with E-state index >= 15 is 0 Å². The van der Waals surface area contributed by atoms with Gasteiger partial charge in [-0.25, -0.2) is 0 Å². The van der Waals surface area contributed by atoms with Crippen molar-refractivity contribution in [2.24, 2.45) is 17.8 Å². The molecule has 2 saturated carbocycles. The van der Waals surface area contributed by atoms with E-state index < -0.39 is 0 Å². The summed E-state index contributed by atoms with van der Waals surface area (Å²) in [6.45, 7) is 0. The van der Waals surface area contributed by atoms with Crippen molar-refractivity contribution in [1.29, 1.82) is 0 Å². The number of fused-ring (bicyclic) bond motifs is 2. The van der Waals surface area contributed by atoms with Crippen molar-refractivity contribution in [3.63, 3.8) is 0 Å². The van der Waals surface area contributed by atoms with Crippen molar-refractivity contribution in [3.8, 4) is 0 Å². The lowest BCUT2D eigenvalue weighted by atomic mass is 9.86. The van der Waals surface area contributed by atoms with E-state index in [2.05, 4.69) is 4.74 Å². The summed E-state index contributed by atoms with van der Waals surface area (Å²) in [5.41, 5.74) is 0. The zero-order valence-corrected chi connectivity index (χ0v) is 7.58. The summed E-state index contributed by atoms with van der Waals surface area (Å²) in [6, 6.07) is 0. The maximum Gasteiger partial charge on any atom is 0.305 e. The van der Waals surface area contributed by atoms with Crippen LogP contribution in [0.2, 0.25) is 0 Å². The third kappa shape index (κ3) is 1.35. The minimum Gasteiger partial charge on any atom is -0.469 e. The molecule has 68 valence electrons. The summed E-state index contributed by atoms with van der Waals surface area (Å²) in [5.74, 6) is 2.41. The summed E-state index contributed by atoms with van der Waals surface area (Å²) < 4.78 is 4.68. The quantitative estimate of drug-likeness (QED) is 0.589. The first-order valence-electron chi connectivity index (χ1n) is 4.86. The van der Waals surface area contributed by atoms with Crippen LogP contribution in [-0.2, 0) is 9.53 Å². The van der Waals surface area contributed by atoms with Crippen LogP contribution in [0.15, 0.2) is 0 Å². The molecule has 12 heavy (non-hydrogen) atoms. The Balaban J connectivity index is 1.86. The Kier molecular flexibility index (Phi) is 2.07. The summed E-state index contributed by atoms with van der Waals surface area (Å²) >= 11 is 0. The van der Waals surface area contributed by atoms with Gasteiger partial charge in [0.05, 0.1) is 7.11 Å². The lowest BCUT2D eigenvalue weighted by Gasteiger charge is -2.19. The molecular formula is C10H16O2. The summed E-state index contributed by atoms with van der Waals surface area (Å²) in [7, 11) is 1.48. The van der Waals surface area contributed by atoms with Crippen molar-refractivity contribution < 1.29 is 9.53 Å². The van der Waals surface area contributed by atoms with Crippen LogP contribution < -0.4 is 0 Å². The Hall–Kier alpha value is -0.530. The van der Waals surface area contributed by atoms with E-state index in [1.54, 1.807) is 0 Å². The maximum atomic E-state index is 11.0. The van der Waals surface area contributed by atoms with Crippen molar-refractivity contribution in [2.45, 2.75) is 32.1 Å². The molecule has 0 heterocycles. The molecule has 0 aromatic heterocycles. The van der Waals surface area contributed by atoms with E-state index in [0.29, 0.717) is 12.3 Å². The van der Waals surface area contributed by atoms with Crippen LogP contribution in [0.3, 0.4) is 0 Å². The number of rotatable bonds is 2. The number of carbonyl (C=O) groups excluding carboxylic acids is 1. The second-order valence-corrected chi connectivity index (χ2v) is 4.22. The molecule has 0 spiro atoms. The smallest absolute Gasteiger partial charge is 0.305 e. The minimum absolute atomic E-state index is 0.0208. The molecule has 0 N–H and O–H groups in total. The van der Waals surface area contributed by atoms with Crippen LogP contribution in [0.5, 0.6) is 0 Å². The van der Waals surface area contributed by atoms with Gasteiger partial charge in [-0.05, 0) is 37.0 Å². The van der Waals surface area contributed by atoms with Gasteiger partial charge in [-0.1, -0.05) is 6.42 Å². The normalized spacial score (nSPS) is 38.6. The highest BCUT2D eigenvalue weighted by Crippen LogP contribution is 2.49. The first kappa shape index (κ1) is 8.09. The summed E-state index contributed by atoms with van der Waals surface area (Å²) in [4.78, 5) is 11.0. The topological polar surface area (TPSA) is 26.3 Å². The summed E-state index contributed by atoms with van der Waals surface area (Å²) in [5, 5.41) is 0. The zero-order valence-electron chi connectivity index (χ0n) is 7.58. The van der Waals surface area contributed by atoms with Gasteiger partial charge in [-0.3, -0.25) is 4.79 Å². The fourth-order valence-electron chi connectivity index (χ4n) is 2.92. The Labute approximate surface area is 73.3 Å². The number of carbonyl (C=O) groups is 1. The number of esters is 1. The highest BCUT2D eigenvalue weighted by Gasteiger charge is 2.40. The predicted octanol–water partition coefficient (Wildman–Crippen LogP) is 1.99. The molecular weight excluding hydrogens is 152 g/mol. The molecule has 2 aliphatic rings. The molecule has 0 aromatic carbocycles. The average Bonchev–Trinajstić information content (AvgIpc) is 2.64. The third-order valence-electron chi connectivity index (χ3n) is 3.54. The van der Waals surface area contributed by atoms with Crippen LogP contribution >= 0.6 is 0 Å². The Morgan fingerprint density at radius 1 is 1.42 bits per heavy atom. The van der Waals surface area contributed by atoms with Crippen LogP contribution in [0.1, 0.15) is 32.1 Å². The second-order valence-electron chi connectivity index (χ2n) is 4.22. The predicted molar refractivity (Wildman–Crippen MR) is 45.6 cm³/mol. The van der Waals surface area contributed by atoms with Crippen LogP contribution in [-0.4, -0.2) is 13.1 Å². The van der Waals surface area contributed by atoms with Crippen molar-refractivity contribution in [1.82, 2.24) is 0 Å². The molecule has 2 fully saturated rings. The van der Waals surface area contributed by atoms with E-state index in [1.165, 1.54) is 32.8 Å². The molecule has 0 unspecified atom stereocenters. The van der Waals surface area contributed by atoms with Gasteiger partial charge in [0.2, 0.25) is 0 Å². The molecule has 2 heteroatoms. The lowest BCUT2D eigenvalue weighted by Crippen LogP contribution is -2.15. The van der Waals surface area contributed by atoms with Crippen LogP contribution in [0.4, 0.5) is 0 Å². The highest BCUT2D eigenvalue weighted by molar-refractivity contribution is 5.69. The highest BCUT2D eigenvalue weighted by atomic mass is 16.5. The molecule has 2 aliphatic carbocycles. The molecule has 3 atom stereocenters. The van der Waals surface area contributed by atoms with E-state index in [1.807, 2.05) is 0 Å². The van der Waals surface area contributed by atoms with Gasteiger partial charge in [-0.15, -0.1) is 0 Å². The van der Waals surface area contributed by atoms with Crippen molar-refractivity contribution in [2.75, 3.05) is 7.11 Å². The van der Waals surface area contributed by atoms with Gasteiger partial charge in [0, 0.05) is 6.42 Å². The Morgan fingerprint density at radius 3 is 2.75 bits per heavy atom. The third-order valence-corrected chi connectivity index (χ3v) is 3.54. The largest absolute Gasteiger partial charge is 0.469 e. The van der Waals surface area contributed by atoms with E-state index in [4.69, 9.17) is 0 Å². The molecule has 0 amide bonds. The van der Waals surface area contributed by atoms with E-state index in [9.17, 15) is 4.79 Å². The molecule has 0 radical (unpaired) electrons. The number of hydrogen-bond acceptors (Lipinski definition) is 2. The summed E-state index contributed by atoms with van der Waals surface area (Å²) in [6.07, 6.45) is 6.08. The standard InChI is InChI=1S/C10H16O2/c1-12-10(11)6-9-5-7-2-3-8(9)4-7/h7-9H,2-6H2,1H3/t7-,8+,9-/m1/s1. The van der Waals surface area contributed by atoms with E-state index in [0.717, 1.165) is 11.8 Å². The van der Waals surface area contributed by atoms with Gasteiger partial charge in [0.15, 0.2) is 0 Å². The van der Waals surface area contributed by atoms with Gasteiger partial charge in [0.1, 0.15) is 0 Å². The van der Waals surface area contributed by atoms with Crippen molar-refractivity contribution in [3.05, 3.63) is 0 Å². The first-order chi connectivity index (χ1) is 5.79. The number of methoxy groups -OCH3 is 1. The SMILES string of the molecule is COC(=O)C[C@H]1C[C@@H]2CC[C@H]1C2. The van der Waals surface area contributed by atoms with Gasteiger partial charge in [-0.2, -0.15) is 0 Å². The fourth-order valence-corrected chi connectivity index (χ4v) is 2.92. The van der Waals surface area contributed by atoms with Crippen LogP contribution in [0.25, 0.3) is 0 Å². The van der Waals surface area contributed by atoms with Gasteiger partial charge < -0.3 is 4.74 Å². The second kappa shape index (κ2) is 3.08. The number of hydrogen-bond donors (Lipinski definition) is 0. The monoisotopic (exact) mass is 168 g/mol. The Bertz CT molecular complexity index is 188. The van der Waals surface area contributed by atoms with Gasteiger partial charge >= 0.3 is 5.97 Å². The van der Waals surface area contributed by atoms with Crippen molar-refractivity contribution >= 4 is 5.97 Å². The molecule has 0 aromatic rings. The minimum atomic E-state index is -0.0208. The van der Waals surface area contributed by atoms with E-state index in [-0.39, 0.29) is 5.97 Å². The molecule has 2 bridgehead atoms. The first-order valence-corrected chi connectivity index (χ1v) is 4.86. The fraction of sp³-hybridized carbons (Fsp3) is 0.900. The number of ether oxygens (including phenoxy) is 1. The van der Waals surface area contributed by atoms with Gasteiger partial charge in [0.25, 0.3) is 0 Å². The molecule has 0 saturated heterocycles. The lowest BCUT2D eigenvalue weighted by molar-refractivity contribution is -0.142.